The standard InChI is InChI=1S/C26H37N3O2/c1-17-7-8-24-23(13-17)21-5-4-6-22(25(21)27-24)26(30)29-11-9-20(10-12-29)16-28-14-18(2)31-19(3)15-28/h4-6,17-20,27H,7-16H2,1-3H3. The molecule has 1 amide bonds. The predicted octanol–water partition coefficient (Wildman–Crippen LogP) is 4.25. The Hall–Kier alpha value is -1.85. The quantitative estimate of drug-likeness (QED) is 0.803. The molecule has 168 valence electrons. The summed E-state index contributed by atoms with van der Waals surface area (Å²) in [5, 5.41) is 1.26. The number of para-hydroxylation sites is 1. The van der Waals surface area contributed by atoms with Gasteiger partial charge in [-0.25, -0.2) is 0 Å². The number of carbonyl (C=O) groups is 1. The fourth-order valence-electron chi connectivity index (χ4n) is 6.08. The van der Waals surface area contributed by atoms with Crippen LogP contribution in [0.4, 0.5) is 0 Å². The number of hydrogen-bond donors (Lipinski definition) is 1. The maximum absolute atomic E-state index is 13.5. The van der Waals surface area contributed by atoms with Crippen molar-refractivity contribution < 1.29 is 9.53 Å². The van der Waals surface area contributed by atoms with Gasteiger partial charge in [0, 0.05) is 43.8 Å². The van der Waals surface area contributed by atoms with Gasteiger partial charge in [-0.15, -0.1) is 0 Å². The van der Waals surface area contributed by atoms with Crippen LogP contribution in [-0.4, -0.2) is 65.6 Å². The third kappa shape index (κ3) is 4.27. The van der Waals surface area contributed by atoms with Gasteiger partial charge in [-0.2, -0.15) is 0 Å². The molecule has 3 aliphatic rings. The van der Waals surface area contributed by atoms with Crippen LogP contribution < -0.4 is 0 Å². The summed E-state index contributed by atoms with van der Waals surface area (Å²) in [5.74, 6) is 1.60. The van der Waals surface area contributed by atoms with Crippen molar-refractivity contribution in [3.8, 4) is 0 Å². The van der Waals surface area contributed by atoms with Crippen LogP contribution in [-0.2, 0) is 17.6 Å². The number of H-pyrrole nitrogens is 1. The van der Waals surface area contributed by atoms with E-state index in [1.807, 2.05) is 6.07 Å². The topological polar surface area (TPSA) is 48.6 Å². The van der Waals surface area contributed by atoms with Crippen molar-refractivity contribution >= 4 is 16.8 Å². The van der Waals surface area contributed by atoms with E-state index in [0.29, 0.717) is 18.1 Å². The van der Waals surface area contributed by atoms with Crippen LogP contribution in [0.3, 0.4) is 0 Å². The lowest BCUT2D eigenvalue weighted by atomic mass is 9.87. The molecular weight excluding hydrogens is 386 g/mol. The van der Waals surface area contributed by atoms with Crippen molar-refractivity contribution in [1.29, 1.82) is 0 Å². The normalized spacial score (nSPS) is 28.1. The molecule has 1 aliphatic carbocycles. The number of aromatic nitrogens is 1. The van der Waals surface area contributed by atoms with Crippen molar-refractivity contribution in [3.05, 3.63) is 35.0 Å². The molecule has 5 rings (SSSR count). The Bertz CT molecular complexity index is 934. The summed E-state index contributed by atoms with van der Waals surface area (Å²) in [4.78, 5) is 21.7. The maximum Gasteiger partial charge on any atom is 0.255 e. The molecule has 1 aromatic carbocycles. The number of ether oxygens (including phenoxy) is 1. The molecule has 31 heavy (non-hydrogen) atoms. The molecule has 5 heteroatoms. The maximum atomic E-state index is 13.5. The molecule has 3 unspecified atom stereocenters. The van der Waals surface area contributed by atoms with Crippen LogP contribution in [0.5, 0.6) is 0 Å². The van der Waals surface area contributed by atoms with Gasteiger partial charge in [0.2, 0.25) is 0 Å². The summed E-state index contributed by atoms with van der Waals surface area (Å²) < 4.78 is 5.88. The van der Waals surface area contributed by atoms with Gasteiger partial charge >= 0.3 is 0 Å². The number of aromatic amines is 1. The van der Waals surface area contributed by atoms with E-state index in [9.17, 15) is 4.79 Å². The number of piperidine rings is 1. The molecule has 2 aliphatic heterocycles. The van der Waals surface area contributed by atoms with Gasteiger partial charge in [0.15, 0.2) is 0 Å². The lowest BCUT2D eigenvalue weighted by molar-refractivity contribution is -0.0728. The number of rotatable bonds is 3. The van der Waals surface area contributed by atoms with E-state index in [0.717, 1.165) is 75.4 Å². The zero-order valence-corrected chi connectivity index (χ0v) is 19.3. The van der Waals surface area contributed by atoms with Crippen LogP contribution in [0.1, 0.15) is 61.6 Å². The Morgan fingerprint density at radius 2 is 1.84 bits per heavy atom. The molecule has 2 saturated heterocycles. The molecule has 1 N–H and O–H groups in total. The number of nitrogens with zero attached hydrogens (tertiary/aromatic N) is 2. The van der Waals surface area contributed by atoms with Crippen LogP contribution in [0.2, 0.25) is 0 Å². The number of fused-ring (bicyclic) bond motifs is 3. The van der Waals surface area contributed by atoms with Gasteiger partial charge in [-0.05, 0) is 69.4 Å². The molecule has 5 nitrogen and oxygen atoms in total. The Kier molecular flexibility index (Phi) is 5.82. The van der Waals surface area contributed by atoms with Crippen LogP contribution >= 0.6 is 0 Å². The first-order valence-corrected chi connectivity index (χ1v) is 12.3. The largest absolute Gasteiger partial charge is 0.373 e. The van der Waals surface area contributed by atoms with E-state index in [1.54, 1.807) is 0 Å². The zero-order chi connectivity index (χ0) is 21.5. The highest BCUT2D eigenvalue weighted by Crippen LogP contribution is 2.33. The Balaban J connectivity index is 1.25. The lowest BCUT2D eigenvalue weighted by Crippen LogP contribution is -2.48. The molecule has 3 atom stereocenters. The molecule has 1 aromatic heterocycles. The minimum atomic E-state index is 0.198. The van der Waals surface area contributed by atoms with Crippen LogP contribution in [0.15, 0.2) is 18.2 Å². The molecule has 2 fully saturated rings. The number of amides is 1. The second-order valence-electron chi connectivity index (χ2n) is 10.4. The van der Waals surface area contributed by atoms with E-state index in [1.165, 1.54) is 23.1 Å². The van der Waals surface area contributed by atoms with Crippen LogP contribution in [0.25, 0.3) is 10.9 Å². The first kappa shape index (κ1) is 21.0. The van der Waals surface area contributed by atoms with E-state index >= 15 is 0 Å². The zero-order valence-electron chi connectivity index (χ0n) is 19.3. The van der Waals surface area contributed by atoms with Crippen molar-refractivity contribution in [1.82, 2.24) is 14.8 Å². The SMILES string of the molecule is CC1CCc2[nH]c3c(C(=O)N4CCC(CN5CC(C)OC(C)C5)CC4)cccc3c2C1. The second kappa shape index (κ2) is 8.59. The number of carbonyl (C=O) groups excluding carboxylic acids is 1. The second-order valence-corrected chi connectivity index (χ2v) is 10.4. The highest BCUT2D eigenvalue weighted by Gasteiger charge is 2.29. The fourth-order valence-corrected chi connectivity index (χ4v) is 6.08. The van der Waals surface area contributed by atoms with Crippen LogP contribution in [0, 0.1) is 11.8 Å². The number of nitrogens with one attached hydrogen (secondary N) is 1. The van der Waals surface area contributed by atoms with E-state index in [2.05, 4.69) is 47.7 Å². The van der Waals surface area contributed by atoms with Gasteiger partial charge in [-0.1, -0.05) is 19.1 Å². The van der Waals surface area contributed by atoms with Gasteiger partial charge in [0.05, 0.1) is 23.3 Å². The van der Waals surface area contributed by atoms with Crippen molar-refractivity contribution in [2.45, 2.75) is 65.1 Å². The van der Waals surface area contributed by atoms with Gasteiger partial charge < -0.3 is 14.6 Å². The summed E-state index contributed by atoms with van der Waals surface area (Å²) in [6, 6.07) is 6.27. The first-order valence-electron chi connectivity index (χ1n) is 12.3. The molecular formula is C26H37N3O2. The van der Waals surface area contributed by atoms with Crippen molar-refractivity contribution in [2.24, 2.45) is 11.8 Å². The highest BCUT2D eigenvalue weighted by molar-refractivity contribution is 6.06. The molecule has 0 bridgehead atoms. The number of morpholine rings is 1. The van der Waals surface area contributed by atoms with Crippen molar-refractivity contribution in [3.63, 3.8) is 0 Å². The van der Waals surface area contributed by atoms with Gasteiger partial charge in [0.25, 0.3) is 5.91 Å². The minimum absolute atomic E-state index is 0.198. The predicted molar refractivity (Wildman–Crippen MR) is 125 cm³/mol. The van der Waals surface area contributed by atoms with E-state index in [4.69, 9.17) is 4.74 Å². The molecule has 3 heterocycles. The van der Waals surface area contributed by atoms with Gasteiger partial charge in [-0.3, -0.25) is 9.69 Å². The molecule has 0 saturated carbocycles. The smallest absolute Gasteiger partial charge is 0.255 e. The average molecular weight is 424 g/mol. The summed E-state index contributed by atoms with van der Waals surface area (Å²) in [6.45, 7) is 11.6. The monoisotopic (exact) mass is 423 g/mol. The summed E-state index contributed by atoms with van der Waals surface area (Å²) in [5.41, 5.74) is 4.70. The summed E-state index contributed by atoms with van der Waals surface area (Å²) in [6.07, 6.45) is 6.29. The molecule has 0 radical (unpaired) electrons. The number of benzene rings is 1. The third-order valence-corrected chi connectivity index (χ3v) is 7.61. The van der Waals surface area contributed by atoms with Gasteiger partial charge in [0.1, 0.15) is 0 Å². The number of aryl methyl sites for hydroxylation is 1. The fraction of sp³-hybridized carbons (Fsp3) is 0.654. The van der Waals surface area contributed by atoms with E-state index in [-0.39, 0.29) is 5.91 Å². The first-order chi connectivity index (χ1) is 15.0. The van der Waals surface area contributed by atoms with E-state index < -0.39 is 0 Å². The molecule has 2 aromatic rings. The Morgan fingerprint density at radius 3 is 2.58 bits per heavy atom. The number of hydrogen-bond acceptors (Lipinski definition) is 3. The highest BCUT2D eigenvalue weighted by atomic mass is 16.5. The van der Waals surface area contributed by atoms with Crippen molar-refractivity contribution in [2.75, 3.05) is 32.7 Å². The Labute approximate surface area is 186 Å². The Morgan fingerprint density at radius 1 is 1.10 bits per heavy atom. The summed E-state index contributed by atoms with van der Waals surface area (Å²) in [7, 11) is 0. The molecule has 0 spiro atoms. The third-order valence-electron chi connectivity index (χ3n) is 7.61. The minimum Gasteiger partial charge on any atom is -0.373 e. The summed E-state index contributed by atoms with van der Waals surface area (Å²) >= 11 is 0. The average Bonchev–Trinajstić information content (AvgIpc) is 3.11. The number of likely N-dealkylation sites (tertiary alicyclic amines) is 1. The lowest BCUT2D eigenvalue weighted by Gasteiger charge is -2.39.